The van der Waals surface area contributed by atoms with E-state index in [9.17, 15) is 0 Å². The highest BCUT2D eigenvalue weighted by Crippen LogP contribution is 2.24. The Kier molecular flexibility index (Phi) is 4.64. The second kappa shape index (κ2) is 5.77. The minimum atomic E-state index is -0.155. The zero-order valence-corrected chi connectivity index (χ0v) is 10.7. The number of hydrogen-bond donors (Lipinski definition) is 1. The molecule has 1 unspecified atom stereocenters. The molecule has 0 spiro atoms. The number of anilines is 1. The Labute approximate surface area is 102 Å². The van der Waals surface area contributed by atoms with Crippen molar-refractivity contribution < 1.29 is 0 Å². The van der Waals surface area contributed by atoms with E-state index in [0.717, 1.165) is 22.7 Å². The quantitative estimate of drug-likeness (QED) is 0.858. The monoisotopic (exact) mass is 236 g/mol. The number of benzene rings is 1. The maximum absolute atomic E-state index is 9.05. The van der Waals surface area contributed by atoms with Crippen LogP contribution in [0.4, 0.5) is 5.69 Å². The van der Waals surface area contributed by atoms with Crippen molar-refractivity contribution in [1.82, 2.24) is 0 Å². The van der Waals surface area contributed by atoms with Crippen LogP contribution in [0, 0.1) is 24.2 Å². The summed E-state index contributed by atoms with van der Waals surface area (Å²) in [7, 11) is 0. The molecule has 1 atom stereocenters. The van der Waals surface area contributed by atoms with E-state index in [1.54, 1.807) is 0 Å². The summed E-state index contributed by atoms with van der Waals surface area (Å²) in [5.74, 6) is 0.497. The molecule has 0 radical (unpaired) electrons. The van der Waals surface area contributed by atoms with Crippen LogP contribution in [0.5, 0.6) is 0 Å². The van der Waals surface area contributed by atoms with Gasteiger partial charge < -0.3 is 5.32 Å². The first-order valence-electron chi connectivity index (χ1n) is 5.46. The zero-order valence-electron chi connectivity index (χ0n) is 9.92. The molecule has 0 aromatic heterocycles. The van der Waals surface area contributed by atoms with Gasteiger partial charge >= 0.3 is 0 Å². The molecule has 1 rings (SSSR count). The zero-order chi connectivity index (χ0) is 12.1. The van der Waals surface area contributed by atoms with Gasteiger partial charge in [0.2, 0.25) is 0 Å². The van der Waals surface area contributed by atoms with Crippen molar-refractivity contribution >= 4 is 17.3 Å². The highest BCUT2D eigenvalue weighted by molar-refractivity contribution is 6.31. The van der Waals surface area contributed by atoms with E-state index >= 15 is 0 Å². The molecular weight excluding hydrogens is 220 g/mol. The lowest BCUT2D eigenvalue weighted by Crippen LogP contribution is -2.20. The lowest BCUT2D eigenvalue weighted by atomic mass is 10.0. The molecule has 0 aliphatic heterocycles. The molecule has 0 aliphatic rings. The standard InChI is InChI=1S/C13H17ClN2/c1-9(2)7-11(8-15)16-13-6-4-5-12(14)10(13)3/h4-6,9,11,16H,7H2,1-3H3. The van der Waals surface area contributed by atoms with Gasteiger partial charge in [-0.15, -0.1) is 0 Å². The number of hydrogen-bond acceptors (Lipinski definition) is 2. The van der Waals surface area contributed by atoms with Crippen molar-refractivity contribution in [2.45, 2.75) is 33.2 Å². The normalized spacial score (nSPS) is 12.2. The number of halogens is 1. The average molecular weight is 237 g/mol. The van der Waals surface area contributed by atoms with Crippen molar-refractivity contribution in [3.8, 4) is 6.07 Å². The average Bonchev–Trinajstić information content (AvgIpc) is 2.23. The molecule has 0 saturated heterocycles. The summed E-state index contributed by atoms with van der Waals surface area (Å²) in [5, 5.41) is 13.0. The molecule has 1 aromatic carbocycles. The Hall–Kier alpha value is -1.20. The minimum Gasteiger partial charge on any atom is -0.370 e. The molecule has 2 nitrogen and oxygen atoms in total. The summed E-state index contributed by atoms with van der Waals surface area (Å²) in [6.07, 6.45) is 0.836. The van der Waals surface area contributed by atoms with Gasteiger partial charge in [0.05, 0.1) is 6.07 Å². The fourth-order valence-electron chi connectivity index (χ4n) is 1.57. The molecule has 0 bridgehead atoms. The molecule has 3 heteroatoms. The highest BCUT2D eigenvalue weighted by atomic mass is 35.5. The van der Waals surface area contributed by atoms with Gasteiger partial charge in [0.25, 0.3) is 0 Å². The Balaban J connectivity index is 2.79. The molecular formula is C13H17ClN2. The summed E-state index contributed by atoms with van der Waals surface area (Å²) < 4.78 is 0. The predicted molar refractivity (Wildman–Crippen MR) is 68.7 cm³/mol. The molecule has 1 N–H and O–H groups in total. The third kappa shape index (κ3) is 3.43. The van der Waals surface area contributed by atoms with Crippen molar-refractivity contribution in [2.75, 3.05) is 5.32 Å². The van der Waals surface area contributed by atoms with Crippen LogP contribution in [-0.4, -0.2) is 6.04 Å². The Morgan fingerprint density at radius 1 is 1.44 bits per heavy atom. The maximum Gasteiger partial charge on any atom is 0.114 e. The summed E-state index contributed by atoms with van der Waals surface area (Å²) in [6.45, 7) is 6.17. The van der Waals surface area contributed by atoms with Crippen LogP contribution >= 0.6 is 11.6 Å². The van der Waals surface area contributed by atoms with E-state index in [-0.39, 0.29) is 6.04 Å². The van der Waals surface area contributed by atoms with Crippen LogP contribution in [0.3, 0.4) is 0 Å². The van der Waals surface area contributed by atoms with Crippen LogP contribution in [-0.2, 0) is 0 Å². The van der Waals surface area contributed by atoms with Crippen molar-refractivity contribution in [3.63, 3.8) is 0 Å². The first-order chi connectivity index (χ1) is 7.54. The van der Waals surface area contributed by atoms with Crippen LogP contribution < -0.4 is 5.32 Å². The van der Waals surface area contributed by atoms with Crippen LogP contribution in [0.25, 0.3) is 0 Å². The third-order valence-corrected chi connectivity index (χ3v) is 2.87. The lowest BCUT2D eigenvalue weighted by Gasteiger charge is -2.17. The molecule has 0 aliphatic carbocycles. The second-order valence-electron chi connectivity index (χ2n) is 4.37. The summed E-state index contributed by atoms with van der Waals surface area (Å²) in [6, 6.07) is 7.81. The van der Waals surface area contributed by atoms with Gasteiger partial charge in [0.1, 0.15) is 6.04 Å². The van der Waals surface area contributed by atoms with E-state index < -0.39 is 0 Å². The van der Waals surface area contributed by atoms with Gasteiger partial charge in [0.15, 0.2) is 0 Å². The van der Waals surface area contributed by atoms with E-state index in [0.29, 0.717) is 5.92 Å². The maximum atomic E-state index is 9.05. The predicted octanol–water partition coefficient (Wildman–Crippen LogP) is 4.00. The number of nitriles is 1. The van der Waals surface area contributed by atoms with Gasteiger partial charge in [-0.2, -0.15) is 5.26 Å². The van der Waals surface area contributed by atoms with Crippen LogP contribution in [0.2, 0.25) is 5.02 Å². The van der Waals surface area contributed by atoms with Gasteiger partial charge in [-0.05, 0) is 37.0 Å². The first kappa shape index (κ1) is 12.9. The molecule has 16 heavy (non-hydrogen) atoms. The van der Waals surface area contributed by atoms with Gasteiger partial charge in [-0.3, -0.25) is 0 Å². The first-order valence-corrected chi connectivity index (χ1v) is 5.83. The number of nitrogens with one attached hydrogen (secondary N) is 1. The number of rotatable bonds is 4. The van der Waals surface area contributed by atoms with Gasteiger partial charge in [-0.1, -0.05) is 31.5 Å². The van der Waals surface area contributed by atoms with E-state index in [1.165, 1.54) is 0 Å². The third-order valence-electron chi connectivity index (χ3n) is 2.46. The van der Waals surface area contributed by atoms with Crippen molar-refractivity contribution in [2.24, 2.45) is 5.92 Å². The smallest absolute Gasteiger partial charge is 0.114 e. The second-order valence-corrected chi connectivity index (χ2v) is 4.78. The van der Waals surface area contributed by atoms with Crippen LogP contribution in [0.15, 0.2) is 18.2 Å². The Morgan fingerprint density at radius 3 is 2.69 bits per heavy atom. The van der Waals surface area contributed by atoms with Crippen molar-refractivity contribution in [3.05, 3.63) is 28.8 Å². The molecule has 0 fully saturated rings. The largest absolute Gasteiger partial charge is 0.370 e. The molecule has 0 saturated carbocycles. The number of nitrogens with zero attached hydrogens (tertiary/aromatic N) is 1. The van der Waals surface area contributed by atoms with Crippen molar-refractivity contribution in [1.29, 1.82) is 5.26 Å². The Morgan fingerprint density at radius 2 is 2.12 bits per heavy atom. The molecule has 0 amide bonds. The molecule has 86 valence electrons. The van der Waals surface area contributed by atoms with E-state index in [2.05, 4.69) is 25.2 Å². The molecule has 1 aromatic rings. The van der Waals surface area contributed by atoms with E-state index in [4.69, 9.17) is 16.9 Å². The topological polar surface area (TPSA) is 35.8 Å². The summed E-state index contributed by atoms with van der Waals surface area (Å²) in [5.41, 5.74) is 1.94. The summed E-state index contributed by atoms with van der Waals surface area (Å²) >= 11 is 6.02. The van der Waals surface area contributed by atoms with E-state index in [1.807, 2.05) is 25.1 Å². The SMILES string of the molecule is Cc1c(Cl)cccc1NC(C#N)CC(C)C. The summed E-state index contributed by atoms with van der Waals surface area (Å²) in [4.78, 5) is 0. The highest BCUT2D eigenvalue weighted by Gasteiger charge is 2.11. The fourth-order valence-corrected chi connectivity index (χ4v) is 1.74. The lowest BCUT2D eigenvalue weighted by molar-refractivity contribution is 0.568. The fraction of sp³-hybridized carbons (Fsp3) is 0.462. The minimum absolute atomic E-state index is 0.155. The molecule has 0 heterocycles. The van der Waals surface area contributed by atoms with Crippen LogP contribution in [0.1, 0.15) is 25.8 Å². The van der Waals surface area contributed by atoms with Gasteiger partial charge in [0, 0.05) is 10.7 Å². The Bertz CT molecular complexity index is 393. The van der Waals surface area contributed by atoms with Gasteiger partial charge in [-0.25, -0.2) is 0 Å².